The van der Waals surface area contributed by atoms with Gasteiger partial charge in [0.1, 0.15) is 6.56 Å². The second-order valence-corrected chi connectivity index (χ2v) is 9.28. The Hall–Kier alpha value is -3.39. The number of piperidine rings is 1. The van der Waals surface area contributed by atoms with Gasteiger partial charge in [0.05, 0.1) is 25.0 Å². The Bertz CT molecular complexity index is 1510. The topological polar surface area (TPSA) is 67.3 Å². The number of fused-ring (bicyclic) bond motifs is 1. The smallest absolute Gasteiger partial charge is 0.338 e. The lowest BCUT2D eigenvalue weighted by atomic mass is 9.87. The Morgan fingerprint density at radius 2 is 1.86 bits per heavy atom. The second-order valence-electron chi connectivity index (χ2n) is 8.56. The number of nitrogens with one attached hydrogen (secondary N) is 1. The Kier molecular flexibility index (Phi) is 6.35. The molecule has 0 atom stereocenters. The molecule has 1 aliphatic rings. The molecule has 0 spiro atoms. The van der Waals surface area contributed by atoms with E-state index in [1.54, 1.807) is 29.7 Å². The number of likely N-dealkylation sites (tertiary alicyclic amines) is 1. The minimum absolute atomic E-state index is 0.137. The van der Waals surface area contributed by atoms with Crippen molar-refractivity contribution in [3.05, 3.63) is 99.6 Å². The van der Waals surface area contributed by atoms with Crippen LogP contribution in [0.15, 0.2) is 77.3 Å². The third-order valence-corrected chi connectivity index (χ3v) is 6.95. The maximum absolute atomic E-state index is 12.7. The highest BCUT2D eigenvalue weighted by molar-refractivity contribution is 7.07. The molecule has 0 amide bonds. The Labute approximate surface area is 221 Å². The molecule has 184 valence electrons. The van der Waals surface area contributed by atoms with Crippen LogP contribution in [0.3, 0.4) is 0 Å². The maximum atomic E-state index is 12.7. The molecule has 4 aromatic rings. The van der Waals surface area contributed by atoms with Crippen LogP contribution >= 0.6 is 11.3 Å². The first-order valence-electron chi connectivity index (χ1n) is 13.9. The predicted molar refractivity (Wildman–Crippen MR) is 145 cm³/mol. The van der Waals surface area contributed by atoms with Crippen LogP contribution in [0, 0.1) is 0 Å². The zero-order valence-corrected chi connectivity index (χ0v) is 20.8. The number of ether oxygens (including phenoxy) is 1. The van der Waals surface area contributed by atoms with Crippen LogP contribution in [0.25, 0.3) is 16.5 Å². The van der Waals surface area contributed by atoms with Crippen molar-refractivity contribution in [3.63, 3.8) is 0 Å². The lowest BCUT2D eigenvalue weighted by Gasteiger charge is -2.30. The van der Waals surface area contributed by atoms with E-state index in [0.29, 0.717) is 0 Å². The van der Waals surface area contributed by atoms with Crippen molar-refractivity contribution in [2.45, 2.75) is 19.4 Å². The number of benzene rings is 2. The van der Waals surface area contributed by atoms with Gasteiger partial charge < -0.3 is 10.1 Å². The summed E-state index contributed by atoms with van der Waals surface area (Å²) in [6.07, 6.45) is 3.55. The van der Waals surface area contributed by atoms with Crippen molar-refractivity contribution in [3.8, 4) is 0 Å². The normalized spacial score (nSPS) is 16.6. The third-order valence-electron chi connectivity index (χ3n) is 6.31. The SMILES string of the molecule is [2H]C([2H])(NC)C([2H])([2H])OC(=O)c1ccc(C(=C2CCN(Cc3cscn3)CC2)c2cccc3cccnc23)cc1. The molecule has 2 aromatic heterocycles. The van der Waals surface area contributed by atoms with Crippen LogP contribution in [-0.2, 0) is 11.3 Å². The summed E-state index contributed by atoms with van der Waals surface area (Å²) in [5.41, 5.74) is 8.33. The van der Waals surface area contributed by atoms with Crippen molar-refractivity contribution in [2.24, 2.45) is 0 Å². The number of carbonyl (C=O) groups excluding carboxylic acids is 1. The fourth-order valence-corrected chi connectivity index (χ4v) is 5.14. The van der Waals surface area contributed by atoms with E-state index in [-0.39, 0.29) is 5.56 Å². The Morgan fingerprint density at radius 1 is 1.08 bits per heavy atom. The van der Waals surface area contributed by atoms with E-state index >= 15 is 0 Å². The molecule has 3 heterocycles. The Morgan fingerprint density at radius 3 is 2.61 bits per heavy atom. The predicted octanol–water partition coefficient (Wildman–Crippen LogP) is 5.17. The van der Waals surface area contributed by atoms with Crippen molar-refractivity contribution < 1.29 is 15.0 Å². The molecule has 36 heavy (non-hydrogen) atoms. The minimum atomic E-state index is -2.86. The number of likely N-dealkylation sites (N-methyl/N-ethyl adjacent to an activating group) is 1. The van der Waals surface area contributed by atoms with Gasteiger partial charge in [0, 0.05) is 51.4 Å². The number of para-hydroxylation sites is 1. The summed E-state index contributed by atoms with van der Waals surface area (Å²) in [7, 11) is 1.27. The molecule has 2 aromatic carbocycles. The number of aromatic nitrogens is 2. The van der Waals surface area contributed by atoms with Crippen molar-refractivity contribution in [1.82, 2.24) is 20.2 Å². The first-order chi connectivity index (χ1) is 19.2. The van der Waals surface area contributed by atoms with E-state index in [9.17, 15) is 4.79 Å². The number of hydrogen-bond donors (Lipinski definition) is 1. The van der Waals surface area contributed by atoms with Gasteiger partial charge in [0.25, 0.3) is 0 Å². The number of hydrogen-bond acceptors (Lipinski definition) is 7. The summed E-state index contributed by atoms with van der Waals surface area (Å²) in [6, 6.07) is 17.0. The van der Waals surface area contributed by atoms with E-state index < -0.39 is 19.0 Å². The van der Waals surface area contributed by atoms with Crippen molar-refractivity contribution in [1.29, 1.82) is 0 Å². The van der Waals surface area contributed by atoms with Gasteiger partial charge in [-0.25, -0.2) is 9.78 Å². The summed E-state index contributed by atoms with van der Waals surface area (Å²) in [5, 5.41) is 5.34. The number of esters is 1. The van der Waals surface area contributed by atoms with Gasteiger partial charge in [0.15, 0.2) is 0 Å². The molecule has 5 rings (SSSR count). The summed E-state index contributed by atoms with van der Waals surface area (Å²) < 4.78 is 36.2. The third kappa shape index (κ3) is 5.54. The van der Waals surface area contributed by atoms with E-state index in [0.717, 1.165) is 65.8 Å². The van der Waals surface area contributed by atoms with Gasteiger partial charge in [-0.3, -0.25) is 9.88 Å². The fourth-order valence-electron chi connectivity index (χ4n) is 4.59. The van der Waals surface area contributed by atoms with Crippen LogP contribution in [0.2, 0.25) is 0 Å². The first-order valence-corrected chi connectivity index (χ1v) is 12.8. The van der Waals surface area contributed by atoms with E-state index in [4.69, 9.17) is 15.2 Å². The molecular formula is C29H30N4O2S. The van der Waals surface area contributed by atoms with Gasteiger partial charge >= 0.3 is 5.97 Å². The standard InChI is InChI=1S/C29H30N4O2S/c1-30-14-17-35-29(34)24-9-7-21(8-10-24)27(26-6-2-4-23-5-3-13-31-28(23)26)22-11-15-33(16-12-22)18-25-19-36-20-32-25/h2-10,13,19-20,30H,11-12,14-18H2,1H3/i14D2,17D2. The molecule has 6 nitrogen and oxygen atoms in total. The number of carbonyl (C=O) groups is 1. The molecule has 0 saturated carbocycles. The van der Waals surface area contributed by atoms with Gasteiger partial charge in [-0.05, 0) is 49.2 Å². The van der Waals surface area contributed by atoms with Crippen LogP contribution in [0.4, 0.5) is 0 Å². The van der Waals surface area contributed by atoms with Crippen LogP contribution in [-0.4, -0.2) is 54.0 Å². The summed E-state index contributed by atoms with van der Waals surface area (Å²) >= 11 is 1.61. The lowest BCUT2D eigenvalue weighted by molar-refractivity contribution is 0.0510. The second kappa shape index (κ2) is 11.6. The highest BCUT2D eigenvalue weighted by atomic mass is 32.1. The molecule has 0 aliphatic carbocycles. The molecule has 1 fully saturated rings. The molecule has 0 bridgehead atoms. The molecule has 1 saturated heterocycles. The Balaban J connectivity index is 1.47. The van der Waals surface area contributed by atoms with Crippen LogP contribution < -0.4 is 5.32 Å². The highest BCUT2D eigenvalue weighted by Crippen LogP contribution is 2.35. The van der Waals surface area contributed by atoms with E-state index in [2.05, 4.69) is 26.6 Å². The summed E-state index contributed by atoms with van der Waals surface area (Å²) in [4.78, 5) is 24.3. The minimum Gasteiger partial charge on any atom is -0.461 e. The highest BCUT2D eigenvalue weighted by Gasteiger charge is 2.21. The van der Waals surface area contributed by atoms with Gasteiger partial charge in [-0.2, -0.15) is 0 Å². The quantitative estimate of drug-likeness (QED) is 0.336. The fraction of sp³-hybridized carbons (Fsp3) is 0.276. The molecule has 1 aliphatic heterocycles. The zero-order chi connectivity index (χ0) is 28.3. The van der Waals surface area contributed by atoms with Crippen molar-refractivity contribution in [2.75, 3.05) is 33.2 Å². The van der Waals surface area contributed by atoms with Crippen LogP contribution in [0.5, 0.6) is 0 Å². The van der Waals surface area contributed by atoms with E-state index in [1.165, 1.54) is 12.6 Å². The molecule has 1 N–H and O–H groups in total. The lowest BCUT2D eigenvalue weighted by Crippen LogP contribution is -2.30. The number of thiazole rings is 1. The maximum Gasteiger partial charge on any atom is 0.338 e. The molecular weight excluding hydrogens is 468 g/mol. The van der Waals surface area contributed by atoms with Crippen LogP contribution in [0.1, 0.15) is 45.5 Å². The molecule has 0 unspecified atom stereocenters. The monoisotopic (exact) mass is 502 g/mol. The summed E-state index contributed by atoms with van der Waals surface area (Å²) in [5.74, 6) is -0.938. The van der Waals surface area contributed by atoms with Crippen molar-refractivity contribution >= 4 is 33.8 Å². The zero-order valence-electron chi connectivity index (χ0n) is 24.0. The average Bonchev–Trinajstić information content (AvgIpc) is 3.47. The van der Waals surface area contributed by atoms with Gasteiger partial charge in [-0.1, -0.05) is 42.0 Å². The first kappa shape index (κ1) is 19.8. The van der Waals surface area contributed by atoms with Gasteiger partial charge in [0.2, 0.25) is 0 Å². The molecule has 0 radical (unpaired) electrons. The average molecular weight is 503 g/mol. The number of nitrogens with zero attached hydrogens (tertiary/aromatic N) is 3. The summed E-state index contributed by atoms with van der Waals surface area (Å²) in [6.45, 7) is -2.76. The molecule has 7 heteroatoms. The number of pyridine rings is 1. The number of rotatable bonds is 8. The largest absolute Gasteiger partial charge is 0.461 e. The van der Waals surface area contributed by atoms with Gasteiger partial charge in [-0.15, -0.1) is 11.3 Å². The van der Waals surface area contributed by atoms with E-state index in [1.807, 2.05) is 41.9 Å².